The van der Waals surface area contributed by atoms with Gasteiger partial charge in [0, 0.05) is 24.8 Å². The summed E-state index contributed by atoms with van der Waals surface area (Å²) >= 11 is 0.884. The van der Waals surface area contributed by atoms with Gasteiger partial charge < -0.3 is 9.57 Å². The third-order valence-electron chi connectivity index (χ3n) is 2.86. The molecule has 7 nitrogen and oxygen atoms in total. The van der Waals surface area contributed by atoms with Crippen molar-refractivity contribution in [3.05, 3.63) is 24.0 Å². The molecule has 0 atom stereocenters. The molecule has 2 aromatic rings. The molecule has 2 aromatic heterocycles. The lowest BCUT2D eigenvalue weighted by molar-refractivity contribution is -0.201. The second-order valence-corrected chi connectivity index (χ2v) is 5.67. The van der Waals surface area contributed by atoms with Gasteiger partial charge in [0.1, 0.15) is 0 Å². The van der Waals surface area contributed by atoms with Crippen LogP contribution >= 0.6 is 11.3 Å². The van der Waals surface area contributed by atoms with Crippen molar-refractivity contribution in [2.75, 3.05) is 12.2 Å². The molecule has 0 bridgehead atoms. The highest BCUT2D eigenvalue weighted by molar-refractivity contribution is 7.19. The predicted octanol–water partition coefficient (Wildman–Crippen LogP) is 2.90. The molecule has 0 fully saturated rings. The maximum absolute atomic E-state index is 12.4. The van der Waals surface area contributed by atoms with Crippen LogP contribution in [0.3, 0.4) is 0 Å². The number of methoxy groups -OCH3 is 1. The molecule has 1 amide bonds. The second-order valence-electron chi connectivity index (χ2n) is 4.69. The quantitative estimate of drug-likeness (QED) is 0.768. The monoisotopic (exact) mass is 375 g/mol. The van der Waals surface area contributed by atoms with E-state index in [0.717, 1.165) is 18.3 Å². The van der Waals surface area contributed by atoms with Crippen molar-refractivity contribution in [1.29, 1.82) is 0 Å². The molecule has 2 heterocycles. The standard InChI is InChI=1S/C14H12F3N3O4S/c1-7-11(9-4-5-10(23-3)18-6-9)25-13(19-7)20(8(2)21)24-12(22)14(15,16)17/h4-6H,1-3H3. The zero-order valence-corrected chi connectivity index (χ0v) is 14.1. The zero-order chi connectivity index (χ0) is 18.8. The summed E-state index contributed by atoms with van der Waals surface area (Å²) in [5.41, 5.74) is 1.05. The summed E-state index contributed by atoms with van der Waals surface area (Å²) in [6.45, 7) is 2.55. The number of anilines is 1. The maximum Gasteiger partial charge on any atom is 0.493 e. The third kappa shape index (κ3) is 4.24. The number of carbonyl (C=O) groups is 2. The lowest BCUT2D eigenvalue weighted by Crippen LogP contribution is -2.37. The van der Waals surface area contributed by atoms with Crippen LogP contribution in [0.15, 0.2) is 18.3 Å². The van der Waals surface area contributed by atoms with Gasteiger partial charge in [0.25, 0.3) is 5.91 Å². The van der Waals surface area contributed by atoms with Gasteiger partial charge in [-0.25, -0.2) is 14.8 Å². The Labute approximate surface area is 144 Å². The van der Waals surface area contributed by atoms with Gasteiger partial charge in [-0.05, 0) is 13.0 Å². The number of hydrogen-bond acceptors (Lipinski definition) is 7. The molecule has 134 valence electrons. The Kier molecular flexibility index (Phi) is 5.26. The van der Waals surface area contributed by atoms with E-state index < -0.39 is 18.1 Å². The fourth-order valence-corrected chi connectivity index (χ4v) is 2.79. The second kappa shape index (κ2) is 7.05. The van der Waals surface area contributed by atoms with Gasteiger partial charge >= 0.3 is 12.1 Å². The number of thiazole rings is 1. The molecule has 0 saturated carbocycles. The van der Waals surface area contributed by atoms with Crippen LogP contribution in [0.4, 0.5) is 18.3 Å². The summed E-state index contributed by atoms with van der Waals surface area (Å²) in [5, 5.41) is 0.0157. The van der Waals surface area contributed by atoms with Crippen molar-refractivity contribution in [1.82, 2.24) is 9.97 Å². The minimum absolute atomic E-state index is 0.201. The summed E-state index contributed by atoms with van der Waals surface area (Å²) < 4.78 is 42.0. The number of hydrogen-bond donors (Lipinski definition) is 0. The number of alkyl halides is 3. The summed E-state index contributed by atoms with van der Waals surface area (Å²) in [4.78, 5) is 35.3. The Morgan fingerprint density at radius 1 is 1.28 bits per heavy atom. The van der Waals surface area contributed by atoms with Crippen molar-refractivity contribution < 1.29 is 32.3 Å². The molecule has 25 heavy (non-hydrogen) atoms. The molecule has 0 aliphatic heterocycles. The fraction of sp³-hybridized carbons (Fsp3) is 0.286. The number of carbonyl (C=O) groups excluding carboxylic acids is 2. The average Bonchev–Trinajstić information content (AvgIpc) is 2.92. The smallest absolute Gasteiger partial charge is 0.481 e. The van der Waals surface area contributed by atoms with Crippen molar-refractivity contribution in [2.24, 2.45) is 0 Å². The molecule has 0 spiro atoms. The number of rotatable bonds is 3. The van der Waals surface area contributed by atoms with E-state index in [4.69, 9.17) is 4.74 Å². The molecule has 2 rings (SSSR count). The topological polar surface area (TPSA) is 81.6 Å². The van der Waals surface area contributed by atoms with E-state index in [1.807, 2.05) is 0 Å². The van der Waals surface area contributed by atoms with Crippen LogP contribution in [0, 0.1) is 6.92 Å². The number of nitrogens with zero attached hydrogens (tertiary/aromatic N) is 3. The molecular formula is C14H12F3N3O4S. The predicted molar refractivity (Wildman–Crippen MR) is 81.9 cm³/mol. The molecule has 0 saturated heterocycles. The van der Waals surface area contributed by atoms with E-state index >= 15 is 0 Å². The van der Waals surface area contributed by atoms with Crippen molar-refractivity contribution in [3.63, 3.8) is 0 Å². The fourth-order valence-electron chi connectivity index (χ4n) is 1.74. The Bertz CT molecular complexity index is 790. The van der Waals surface area contributed by atoms with Gasteiger partial charge in [0.05, 0.1) is 17.7 Å². The van der Waals surface area contributed by atoms with Gasteiger partial charge in [-0.15, -0.1) is 5.06 Å². The van der Waals surface area contributed by atoms with Gasteiger partial charge in [-0.1, -0.05) is 11.3 Å². The molecule has 0 aliphatic carbocycles. The summed E-state index contributed by atoms with van der Waals surface area (Å²) in [7, 11) is 1.46. The van der Waals surface area contributed by atoms with E-state index in [2.05, 4.69) is 14.8 Å². The van der Waals surface area contributed by atoms with Crippen LogP contribution in [-0.4, -0.2) is 35.1 Å². The number of aryl methyl sites for hydroxylation is 1. The maximum atomic E-state index is 12.4. The first-order valence-electron chi connectivity index (χ1n) is 6.71. The number of aromatic nitrogens is 2. The highest BCUT2D eigenvalue weighted by atomic mass is 32.1. The molecule has 0 N–H and O–H groups in total. The molecule has 0 unspecified atom stereocenters. The van der Waals surface area contributed by atoms with E-state index in [-0.39, 0.29) is 10.2 Å². The Morgan fingerprint density at radius 3 is 2.44 bits per heavy atom. The third-order valence-corrected chi connectivity index (χ3v) is 4.03. The summed E-state index contributed by atoms with van der Waals surface area (Å²) in [5.74, 6) is -3.05. The minimum atomic E-state index is -5.23. The Balaban J connectivity index is 2.34. The van der Waals surface area contributed by atoms with Crippen molar-refractivity contribution >= 4 is 28.3 Å². The van der Waals surface area contributed by atoms with Gasteiger partial charge in [-0.3, -0.25) is 4.79 Å². The molecule has 11 heteroatoms. The zero-order valence-electron chi connectivity index (χ0n) is 13.2. The average molecular weight is 375 g/mol. The van der Waals surface area contributed by atoms with Crippen molar-refractivity contribution in [3.8, 4) is 16.3 Å². The van der Waals surface area contributed by atoms with E-state index in [1.54, 1.807) is 19.1 Å². The van der Waals surface area contributed by atoms with Crippen LogP contribution < -0.4 is 9.80 Å². The van der Waals surface area contributed by atoms with Crippen LogP contribution in [-0.2, 0) is 14.4 Å². The SMILES string of the molecule is COc1ccc(-c2sc(N(OC(=O)C(F)(F)F)C(C)=O)nc2C)cn1. The highest BCUT2D eigenvalue weighted by Gasteiger charge is 2.43. The highest BCUT2D eigenvalue weighted by Crippen LogP contribution is 2.35. The number of hydroxylamine groups is 1. The first-order chi connectivity index (χ1) is 11.6. The number of ether oxygens (including phenoxy) is 1. The van der Waals surface area contributed by atoms with Crippen LogP contribution in [0.1, 0.15) is 12.6 Å². The Hall–Kier alpha value is -2.69. The van der Waals surface area contributed by atoms with Gasteiger partial charge in [-0.2, -0.15) is 13.2 Å². The number of amides is 1. The van der Waals surface area contributed by atoms with Crippen LogP contribution in [0.25, 0.3) is 10.4 Å². The molecule has 0 radical (unpaired) electrons. The molecule has 0 aromatic carbocycles. The molecule has 0 aliphatic rings. The molecular weight excluding hydrogens is 363 g/mol. The lowest BCUT2D eigenvalue weighted by Gasteiger charge is -2.16. The van der Waals surface area contributed by atoms with Gasteiger partial charge in [0.2, 0.25) is 11.0 Å². The van der Waals surface area contributed by atoms with Crippen LogP contribution in [0.2, 0.25) is 0 Å². The van der Waals surface area contributed by atoms with E-state index in [0.29, 0.717) is 22.0 Å². The number of halogens is 3. The van der Waals surface area contributed by atoms with Gasteiger partial charge in [0.15, 0.2) is 0 Å². The Morgan fingerprint density at radius 2 is 1.96 bits per heavy atom. The first-order valence-corrected chi connectivity index (χ1v) is 7.52. The van der Waals surface area contributed by atoms with E-state index in [1.165, 1.54) is 13.3 Å². The summed E-state index contributed by atoms with van der Waals surface area (Å²) in [6.07, 6.45) is -3.74. The van der Waals surface area contributed by atoms with Crippen LogP contribution in [0.5, 0.6) is 5.88 Å². The minimum Gasteiger partial charge on any atom is -0.481 e. The lowest BCUT2D eigenvalue weighted by atomic mass is 10.2. The van der Waals surface area contributed by atoms with E-state index in [9.17, 15) is 22.8 Å². The summed E-state index contributed by atoms with van der Waals surface area (Å²) in [6, 6.07) is 3.27. The van der Waals surface area contributed by atoms with Crippen molar-refractivity contribution in [2.45, 2.75) is 20.0 Å². The number of pyridine rings is 1. The normalized spacial score (nSPS) is 11.1. The largest absolute Gasteiger partial charge is 0.493 e. The first kappa shape index (κ1) is 18.6.